The van der Waals surface area contributed by atoms with Gasteiger partial charge in [-0.3, -0.25) is 4.79 Å². The van der Waals surface area contributed by atoms with Crippen LogP contribution in [0.5, 0.6) is 11.5 Å². The Kier molecular flexibility index (Phi) is 7.11. The van der Waals surface area contributed by atoms with E-state index in [1.54, 1.807) is 0 Å². The maximum atomic E-state index is 12.2. The molecule has 0 bridgehead atoms. The quantitative estimate of drug-likeness (QED) is 0.533. The molecule has 0 unspecified atom stereocenters. The Labute approximate surface area is 171 Å². The van der Waals surface area contributed by atoms with Gasteiger partial charge in [0.25, 0.3) is 0 Å². The zero-order chi connectivity index (χ0) is 20.5. The molecule has 150 valence electrons. The first-order valence-corrected chi connectivity index (χ1v) is 9.66. The van der Waals surface area contributed by atoms with Gasteiger partial charge in [0.15, 0.2) is 0 Å². The van der Waals surface area contributed by atoms with Crippen LogP contribution in [0.2, 0.25) is 0 Å². The van der Waals surface area contributed by atoms with Gasteiger partial charge in [-0.05, 0) is 67.9 Å². The zero-order valence-corrected chi connectivity index (χ0v) is 16.7. The fourth-order valence-corrected chi connectivity index (χ4v) is 2.69. The highest BCUT2D eigenvalue weighted by atomic mass is 16.5. The minimum atomic E-state index is -0.120. The second-order valence-electron chi connectivity index (χ2n) is 6.89. The maximum absolute atomic E-state index is 12.2. The molecule has 2 N–H and O–H groups in total. The molecular formula is C24H26N2O3. The third-order valence-electron chi connectivity index (χ3n) is 4.07. The number of hydrogen-bond donors (Lipinski definition) is 2. The summed E-state index contributed by atoms with van der Waals surface area (Å²) in [6.45, 7) is 4.66. The summed E-state index contributed by atoms with van der Waals surface area (Å²) >= 11 is 0. The van der Waals surface area contributed by atoms with Crippen molar-refractivity contribution in [3.63, 3.8) is 0 Å². The highest BCUT2D eigenvalue weighted by molar-refractivity contribution is 5.93. The van der Waals surface area contributed by atoms with Gasteiger partial charge in [-0.2, -0.15) is 0 Å². The van der Waals surface area contributed by atoms with Crippen molar-refractivity contribution in [2.24, 2.45) is 0 Å². The largest absolute Gasteiger partial charge is 0.491 e. The molecule has 1 amide bonds. The Morgan fingerprint density at radius 2 is 1.45 bits per heavy atom. The predicted molar refractivity (Wildman–Crippen MR) is 117 cm³/mol. The van der Waals surface area contributed by atoms with Crippen molar-refractivity contribution in [1.82, 2.24) is 0 Å². The first-order chi connectivity index (χ1) is 14.1. The number of carbonyl (C=O) groups excluding carboxylic acids is 1. The summed E-state index contributed by atoms with van der Waals surface area (Å²) in [5.74, 6) is 1.45. The first kappa shape index (κ1) is 20.3. The van der Waals surface area contributed by atoms with E-state index in [1.807, 2.05) is 92.7 Å². The molecule has 0 heterocycles. The Balaban J connectivity index is 1.43. The van der Waals surface area contributed by atoms with Gasteiger partial charge in [0.2, 0.25) is 5.91 Å². The Hall–Kier alpha value is -3.47. The molecule has 0 atom stereocenters. The van der Waals surface area contributed by atoms with E-state index in [2.05, 4.69) is 10.6 Å². The molecule has 0 radical (unpaired) electrons. The van der Waals surface area contributed by atoms with Crippen LogP contribution in [0.25, 0.3) is 0 Å². The van der Waals surface area contributed by atoms with Crippen LogP contribution >= 0.6 is 0 Å². The minimum absolute atomic E-state index is 0.120. The normalized spacial score (nSPS) is 10.4. The third-order valence-corrected chi connectivity index (χ3v) is 4.07. The van der Waals surface area contributed by atoms with E-state index in [0.717, 1.165) is 28.4 Å². The van der Waals surface area contributed by atoms with Gasteiger partial charge in [-0.15, -0.1) is 0 Å². The molecule has 29 heavy (non-hydrogen) atoms. The highest BCUT2D eigenvalue weighted by Crippen LogP contribution is 2.18. The fourth-order valence-electron chi connectivity index (χ4n) is 2.69. The smallest absolute Gasteiger partial charge is 0.243 e. The van der Waals surface area contributed by atoms with Crippen molar-refractivity contribution in [2.75, 3.05) is 17.2 Å². The van der Waals surface area contributed by atoms with Gasteiger partial charge < -0.3 is 20.1 Å². The molecule has 5 nitrogen and oxygen atoms in total. The molecule has 5 heteroatoms. The molecule has 0 aliphatic heterocycles. The standard InChI is InChI=1S/C24H26N2O3/c1-18(2)29-23-14-8-20(9-15-23)25-16-24(27)26-21-10-12-22(13-11-21)28-17-19-6-4-3-5-7-19/h3-15,18,25H,16-17H2,1-2H3,(H,26,27). The van der Waals surface area contributed by atoms with Crippen molar-refractivity contribution in [3.05, 3.63) is 84.4 Å². The van der Waals surface area contributed by atoms with Crippen LogP contribution in [0.15, 0.2) is 78.9 Å². The van der Waals surface area contributed by atoms with Gasteiger partial charge in [0, 0.05) is 11.4 Å². The molecule has 0 aliphatic rings. The average Bonchev–Trinajstić information content (AvgIpc) is 2.73. The number of ether oxygens (including phenoxy) is 2. The average molecular weight is 390 g/mol. The van der Waals surface area contributed by atoms with E-state index >= 15 is 0 Å². The first-order valence-electron chi connectivity index (χ1n) is 9.66. The molecule has 3 rings (SSSR count). The van der Waals surface area contributed by atoms with Crippen molar-refractivity contribution >= 4 is 17.3 Å². The van der Waals surface area contributed by atoms with Crippen LogP contribution < -0.4 is 20.1 Å². The maximum Gasteiger partial charge on any atom is 0.243 e. The number of rotatable bonds is 9. The molecule has 0 spiro atoms. The molecule has 0 aliphatic carbocycles. The summed E-state index contributed by atoms with van der Waals surface area (Å²) in [6, 6.07) is 24.9. The molecule has 0 saturated heterocycles. The van der Waals surface area contributed by atoms with Gasteiger partial charge in [-0.25, -0.2) is 0 Å². The number of anilines is 2. The second-order valence-corrected chi connectivity index (χ2v) is 6.89. The molecule has 3 aromatic rings. The number of nitrogens with one attached hydrogen (secondary N) is 2. The summed E-state index contributed by atoms with van der Waals surface area (Å²) in [7, 11) is 0. The molecule has 3 aromatic carbocycles. The third kappa shape index (κ3) is 6.88. The van der Waals surface area contributed by atoms with Gasteiger partial charge in [-0.1, -0.05) is 30.3 Å². The Morgan fingerprint density at radius 3 is 2.10 bits per heavy atom. The summed E-state index contributed by atoms with van der Waals surface area (Å²) < 4.78 is 11.4. The van der Waals surface area contributed by atoms with Crippen molar-refractivity contribution in [2.45, 2.75) is 26.6 Å². The van der Waals surface area contributed by atoms with Crippen LogP contribution in [0, 0.1) is 0 Å². The molecular weight excluding hydrogens is 364 g/mol. The van der Waals surface area contributed by atoms with Crippen LogP contribution in [0.3, 0.4) is 0 Å². The van der Waals surface area contributed by atoms with Gasteiger partial charge in [0.1, 0.15) is 18.1 Å². The van der Waals surface area contributed by atoms with E-state index in [9.17, 15) is 4.79 Å². The van der Waals surface area contributed by atoms with E-state index < -0.39 is 0 Å². The topological polar surface area (TPSA) is 59.6 Å². The van der Waals surface area contributed by atoms with Crippen LogP contribution in [0.1, 0.15) is 19.4 Å². The lowest BCUT2D eigenvalue weighted by Gasteiger charge is -2.11. The zero-order valence-electron chi connectivity index (χ0n) is 16.7. The SMILES string of the molecule is CC(C)Oc1ccc(NCC(=O)Nc2ccc(OCc3ccccc3)cc2)cc1. The molecule has 0 aromatic heterocycles. The molecule has 0 fully saturated rings. The summed E-state index contributed by atoms with van der Waals surface area (Å²) in [4.78, 5) is 12.2. The summed E-state index contributed by atoms with van der Waals surface area (Å²) in [5.41, 5.74) is 2.70. The number of carbonyl (C=O) groups is 1. The van der Waals surface area contributed by atoms with Crippen molar-refractivity contribution in [3.8, 4) is 11.5 Å². The van der Waals surface area contributed by atoms with Crippen LogP contribution in [0.4, 0.5) is 11.4 Å². The monoisotopic (exact) mass is 390 g/mol. The molecule has 0 saturated carbocycles. The van der Waals surface area contributed by atoms with E-state index in [4.69, 9.17) is 9.47 Å². The Morgan fingerprint density at radius 1 is 0.828 bits per heavy atom. The van der Waals surface area contributed by atoms with E-state index in [-0.39, 0.29) is 18.6 Å². The lowest BCUT2D eigenvalue weighted by Crippen LogP contribution is -2.21. The van der Waals surface area contributed by atoms with Gasteiger partial charge in [0.05, 0.1) is 12.6 Å². The predicted octanol–water partition coefficient (Wildman–Crippen LogP) is 5.10. The number of amides is 1. The number of benzene rings is 3. The van der Waals surface area contributed by atoms with E-state index in [0.29, 0.717) is 6.61 Å². The lowest BCUT2D eigenvalue weighted by molar-refractivity contribution is -0.114. The van der Waals surface area contributed by atoms with Gasteiger partial charge >= 0.3 is 0 Å². The van der Waals surface area contributed by atoms with Crippen molar-refractivity contribution < 1.29 is 14.3 Å². The van der Waals surface area contributed by atoms with Crippen LogP contribution in [-0.2, 0) is 11.4 Å². The van der Waals surface area contributed by atoms with E-state index in [1.165, 1.54) is 0 Å². The van der Waals surface area contributed by atoms with Crippen LogP contribution in [-0.4, -0.2) is 18.6 Å². The fraction of sp³-hybridized carbons (Fsp3) is 0.208. The van der Waals surface area contributed by atoms with Crippen molar-refractivity contribution in [1.29, 1.82) is 0 Å². The summed E-state index contributed by atoms with van der Waals surface area (Å²) in [6.07, 6.45) is 0.134. The highest BCUT2D eigenvalue weighted by Gasteiger charge is 2.04. The Bertz CT molecular complexity index is 892. The minimum Gasteiger partial charge on any atom is -0.491 e. The summed E-state index contributed by atoms with van der Waals surface area (Å²) in [5, 5.41) is 5.97. The lowest BCUT2D eigenvalue weighted by atomic mass is 10.2. The number of hydrogen-bond acceptors (Lipinski definition) is 4. The second kappa shape index (κ2) is 10.2.